The maximum Gasteiger partial charge on any atom is 0.305 e. The van der Waals surface area contributed by atoms with Crippen molar-refractivity contribution in [3.8, 4) is 0 Å². The Labute approximate surface area is 72.5 Å². The largest absolute Gasteiger partial charge is 0.317 e. The van der Waals surface area contributed by atoms with Crippen LogP contribution in [0, 0.1) is 4.91 Å². The average Bonchev–Trinajstić information content (AvgIpc) is 2.04. The molecule has 0 aromatic rings. The maximum atomic E-state index is 11.0. The maximum absolute atomic E-state index is 11.0. The lowest BCUT2D eigenvalue weighted by Crippen LogP contribution is -2.46. The highest BCUT2D eigenvalue weighted by molar-refractivity contribution is 5.86. The normalized spacial score (nSPS) is 11.2. The molecule has 0 spiro atoms. The van der Waals surface area contributed by atoms with Crippen LogP contribution in [0.4, 0.5) is 0 Å². The third-order valence-corrected chi connectivity index (χ3v) is 1.90. The number of rotatable bonds is 5. The minimum absolute atomic E-state index is 0.533. The first kappa shape index (κ1) is 11.2. The summed E-state index contributed by atoms with van der Waals surface area (Å²) in [5, 5.41) is 2.38. The molecule has 0 saturated heterocycles. The first-order chi connectivity index (χ1) is 5.60. The number of carbonyl (C=O) groups excluding carboxylic acids is 1. The molecule has 1 amide bonds. The molecule has 0 bridgehead atoms. The molecule has 0 aliphatic rings. The van der Waals surface area contributed by atoms with Crippen LogP contribution >= 0.6 is 0 Å². The van der Waals surface area contributed by atoms with Gasteiger partial charge in [0.05, 0.1) is 0 Å². The van der Waals surface area contributed by atoms with E-state index in [1.807, 2.05) is 13.8 Å². The molecule has 0 aliphatic heterocycles. The number of hydrogen-bond donors (Lipinski definition) is 1. The summed E-state index contributed by atoms with van der Waals surface area (Å²) in [5.74, 6) is -0.716. The van der Waals surface area contributed by atoms with Crippen molar-refractivity contribution in [1.82, 2.24) is 0 Å². The van der Waals surface area contributed by atoms with Crippen molar-refractivity contribution < 1.29 is 4.79 Å². The number of nitrogens with zero attached hydrogens (tertiary/aromatic N) is 1. The first-order valence-electron chi connectivity index (χ1n) is 4.27. The number of hydrogen-bond acceptors (Lipinski definition) is 3. The number of nitroso groups, excluding NO2 is 1. The Morgan fingerprint density at radius 3 is 2.00 bits per heavy atom. The van der Waals surface area contributed by atoms with E-state index < -0.39 is 11.4 Å². The van der Waals surface area contributed by atoms with Gasteiger partial charge in [0.25, 0.3) is 0 Å². The van der Waals surface area contributed by atoms with E-state index in [-0.39, 0.29) is 0 Å². The van der Waals surface area contributed by atoms with Gasteiger partial charge in [-0.1, -0.05) is 26.7 Å². The van der Waals surface area contributed by atoms with Gasteiger partial charge in [0.1, 0.15) is 5.54 Å². The van der Waals surface area contributed by atoms with Gasteiger partial charge in [0.2, 0.25) is 0 Å². The van der Waals surface area contributed by atoms with Gasteiger partial charge in [0, 0.05) is 5.18 Å². The summed E-state index contributed by atoms with van der Waals surface area (Å²) in [7, 11) is 0. The van der Waals surface area contributed by atoms with Crippen molar-refractivity contribution in [2.24, 2.45) is 10.9 Å². The van der Waals surface area contributed by atoms with Crippen LogP contribution in [0.5, 0.6) is 0 Å². The summed E-state index contributed by atoms with van der Waals surface area (Å²) in [6.07, 6.45) is 2.65. The zero-order valence-corrected chi connectivity index (χ0v) is 7.67. The minimum atomic E-state index is -1.01. The van der Waals surface area contributed by atoms with Crippen LogP contribution in [0.25, 0.3) is 0 Å². The van der Waals surface area contributed by atoms with Gasteiger partial charge in [-0.05, 0) is 12.8 Å². The summed E-state index contributed by atoms with van der Waals surface area (Å²) >= 11 is 0. The molecule has 12 heavy (non-hydrogen) atoms. The SMILES string of the molecule is CCCC(N)(CCC)C(=O)N=O. The minimum Gasteiger partial charge on any atom is -0.317 e. The molecule has 4 heteroatoms. The Kier molecular flexibility index (Phi) is 4.66. The molecule has 0 fully saturated rings. The lowest BCUT2D eigenvalue weighted by Gasteiger charge is -2.22. The molecular formula is C8H16N2O2. The lowest BCUT2D eigenvalue weighted by molar-refractivity contribution is -0.123. The molecule has 0 aromatic carbocycles. The van der Waals surface area contributed by atoms with Crippen molar-refractivity contribution in [2.75, 3.05) is 0 Å². The number of nitrogens with two attached hydrogens (primary N) is 1. The van der Waals surface area contributed by atoms with Crippen molar-refractivity contribution >= 4 is 5.91 Å². The van der Waals surface area contributed by atoms with Crippen LogP contribution in [0.15, 0.2) is 5.18 Å². The molecule has 4 nitrogen and oxygen atoms in total. The van der Waals surface area contributed by atoms with Gasteiger partial charge in [-0.25, -0.2) is 0 Å². The van der Waals surface area contributed by atoms with E-state index in [1.54, 1.807) is 0 Å². The van der Waals surface area contributed by atoms with Gasteiger partial charge in [-0.2, -0.15) is 0 Å². The fourth-order valence-corrected chi connectivity index (χ4v) is 1.32. The highest BCUT2D eigenvalue weighted by Gasteiger charge is 2.32. The van der Waals surface area contributed by atoms with Crippen LogP contribution in [0.2, 0.25) is 0 Å². The number of amides is 1. The molecule has 0 unspecified atom stereocenters. The molecule has 0 radical (unpaired) electrons. The predicted molar refractivity (Wildman–Crippen MR) is 47.5 cm³/mol. The summed E-state index contributed by atoms with van der Waals surface area (Å²) in [6, 6.07) is 0. The summed E-state index contributed by atoms with van der Waals surface area (Å²) < 4.78 is 0. The van der Waals surface area contributed by atoms with E-state index >= 15 is 0 Å². The molecule has 0 rings (SSSR count). The molecule has 0 aromatic heterocycles. The van der Waals surface area contributed by atoms with E-state index in [1.165, 1.54) is 0 Å². The molecule has 0 aliphatic carbocycles. The topological polar surface area (TPSA) is 72.5 Å². The second kappa shape index (κ2) is 4.98. The Morgan fingerprint density at radius 2 is 1.75 bits per heavy atom. The Morgan fingerprint density at radius 1 is 1.33 bits per heavy atom. The van der Waals surface area contributed by atoms with Crippen molar-refractivity contribution in [3.63, 3.8) is 0 Å². The fourth-order valence-electron chi connectivity index (χ4n) is 1.32. The van der Waals surface area contributed by atoms with Gasteiger partial charge in [-0.3, -0.25) is 4.79 Å². The molecular weight excluding hydrogens is 156 g/mol. The van der Waals surface area contributed by atoms with Gasteiger partial charge in [-0.15, -0.1) is 4.91 Å². The van der Waals surface area contributed by atoms with Gasteiger partial charge >= 0.3 is 5.91 Å². The first-order valence-corrected chi connectivity index (χ1v) is 4.27. The highest BCUT2D eigenvalue weighted by atomic mass is 16.3. The second-order valence-electron chi connectivity index (χ2n) is 3.05. The quantitative estimate of drug-likeness (QED) is 0.640. The van der Waals surface area contributed by atoms with E-state index in [9.17, 15) is 9.70 Å². The van der Waals surface area contributed by atoms with Crippen molar-refractivity contribution in [2.45, 2.75) is 45.1 Å². The lowest BCUT2D eigenvalue weighted by atomic mass is 9.89. The highest BCUT2D eigenvalue weighted by Crippen LogP contribution is 2.17. The molecule has 0 saturated carbocycles. The third kappa shape index (κ3) is 2.70. The van der Waals surface area contributed by atoms with Gasteiger partial charge in [0.15, 0.2) is 0 Å². The van der Waals surface area contributed by atoms with Crippen molar-refractivity contribution in [1.29, 1.82) is 0 Å². The summed E-state index contributed by atoms with van der Waals surface area (Å²) in [5.41, 5.74) is 4.72. The zero-order chi connectivity index (χ0) is 9.61. The van der Waals surface area contributed by atoms with E-state index in [2.05, 4.69) is 5.18 Å². The summed E-state index contributed by atoms with van der Waals surface area (Å²) in [6.45, 7) is 3.85. The number of carbonyl (C=O) groups is 1. The van der Waals surface area contributed by atoms with Crippen LogP contribution in [0.1, 0.15) is 39.5 Å². The van der Waals surface area contributed by atoms with Crippen LogP contribution in [-0.4, -0.2) is 11.4 Å². The monoisotopic (exact) mass is 172 g/mol. The summed E-state index contributed by atoms with van der Waals surface area (Å²) in [4.78, 5) is 21.0. The van der Waals surface area contributed by atoms with E-state index in [4.69, 9.17) is 5.73 Å². The smallest absolute Gasteiger partial charge is 0.305 e. The molecule has 70 valence electrons. The predicted octanol–water partition coefficient (Wildman–Crippen LogP) is 1.58. The van der Waals surface area contributed by atoms with Gasteiger partial charge < -0.3 is 5.73 Å². The van der Waals surface area contributed by atoms with E-state index in [0.717, 1.165) is 12.8 Å². The molecule has 0 atom stereocenters. The average molecular weight is 172 g/mol. The Balaban J connectivity index is 4.36. The zero-order valence-electron chi connectivity index (χ0n) is 7.67. The van der Waals surface area contributed by atoms with Crippen molar-refractivity contribution in [3.05, 3.63) is 4.91 Å². The standard InChI is InChI=1S/C8H16N2O2/c1-3-5-8(9,6-4-2)7(11)10-12/h3-6,9H2,1-2H3. The van der Waals surface area contributed by atoms with E-state index in [0.29, 0.717) is 12.8 Å². The fraction of sp³-hybridized carbons (Fsp3) is 0.875. The molecule has 2 N–H and O–H groups in total. The van der Waals surface area contributed by atoms with Crippen LogP contribution < -0.4 is 5.73 Å². The Hall–Kier alpha value is -0.770. The van der Waals surface area contributed by atoms with Crippen LogP contribution in [0.3, 0.4) is 0 Å². The van der Waals surface area contributed by atoms with Crippen LogP contribution in [-0.2, 0) is 4.79 Å². The molecule has 0 heterocycles. The second-order valence-corrected chi connectivity index (χ2v) is 3.05. The Bertz CT molecular complexity index is 162. The third-order valence-electron chi connectivity index (χ3n) is 1.90.